The lowest BCUT2D eigenvalue weighted by atomic mass is 10.0. The number of carbonyl (C=O) groups excluding carboxylic acids is 1. The van der Waals surface area contributed by atoms with Crippen LogP contribution in [0.15, 0.2) is 6.20 Å². The fourth-order valence-electron chi connectivity index (χ4n) is 1.16. The zero-order chi connectivity index (χ0) is 11.4. The second-order valence-corrected chi connectivity index (χ2v) is 3.66. The summed E-state index contributed by atoms with van der Waals surface area (Å²) in [6.07, 6.45) is 1.56. The third-order valence-corrected chi connectivity index (χ3v) is 2.06. The van der Waals surface area contributed by atoms with E-state index in [1.54, 1.807) is 13.1 Å². The Labute approximate surface area is 93.6 Å². The largest absolute Gasteiger partial charge is 0.461 e. The molecule has 0 saturated carbocycles. The van der Waals surface area contributed by atoms with Gasteiger partial charge in [0.05, 0.1) is 6.61 Å². The maximum atomic E-state index is 11.6. The highest BCUT2D eigenvalue weighted by Gasteiger charge is 2.17. The number of nitrogens with zero attached hydrogens (tertiary/aromatic N) is 2. The Balaban J connectivity index is 3.12. The predicted molar refractivity (Wildman–Crippen MR) is 57.1 cm³/mol. The van der Waals surface area contributed by atoms with Crippen LogP contribution in [0.1, 0.15) is 42.7 Å². The summed E-state index contributed by atoms with van der Waals surface area (Å²) in [5.41, 5.74) is 1.00. The molecule has 0 spiro atoms. The first kappa shape index (κ1) is 11.9. The van der Waals surface area contributed by atoms with Gasteiger partial charge in [0.2, 0.25) is 5.28 Å². The van der Waals surface area contributed by atoms with Gasteiger partial charge < -0.3 is 4.74 Å². The number of esters is 1. The maximum absolute atomic E-state index is 11.6. The zero-order valence-corrected chi connectivity index (χ0v) is 9.71. The molecule has 0 aliphatic carbocycles. The van der Waals surface area contributed by atoms with Crippen LogP contribution in [-0.2, 0) is 4.74 Å². The second-order valence-electron chi connectivity index (χ2n) is 3.32. The van der Waals surface area contributed by atoms with Crippen molar-refractivity contribution in [3.05, 3.63) is 22.7 Å². The molecule has 15 heavy (non-hydrogen) atoms. The number of hydrogen-bond donors (Lipinski definition) is 0. The van der Waals surface area contributed by atoms with Crippen LogP contribution in [0.3, 0.4) is 0 Å². The minimum Gasteiger partial charge on any atom is -0.461 e. The molecule has 0 radical (unpaired) electrons. The Morgan fingerprint density at radius 3 is 2.80 bits per heavy atom. The van der Waals surface area contributed by atoms with E-state index < -0.39 is 5.97 Å². The van der Waals surface area contributed by atoms with Crippen LogP contribution in [0.5, 0.6) is 0 Å². The molecule has 0 amide bonds. The van der Waals surface area contributed by atoms with Crippen LogP contribution < -0.4 is 0 Å². The Morgan fingerprint density at radius 2 is 2.27 bits per heavy atom. The van der Waals surface area contributed by atoms with Crippen LogP contribution in [-0.4, -0.2) is 22.5 Å². The average Bonchev–Trinajstić information content (AvgIpc) is 2.17. The van der Waals surface area contributed by atoms with E-state index in [9.17, 15) is 4.79 Å². The van der Waals surface area contributed by atoms with Crippen LogP contribution in [0.25, 0.3) is 0 Å². The van der Waals surface area contributed by atoms with E-state index in [4.69, 9.17) is 16.3 Å². The number of carbonyl (C=O) groups is 1. The van der Waals surface area contributed by atoms with Gasteiger partial charge in [0.1, 0.15) is 0 Å². The monoisotopic (exact) mass is 228 g/mol. The molecule has 1 rings (SSSR count). The van der Waals surface area contributed by atoms with E-state index in [2.05, 4.69) is 9.97 Å². The van der Waals surface area contributed by atoms with E-state index in [0.29, 0.717) is 6.61 Å². The van der Waals surface area contributed by atoms with Crippen molar-refractivity contribution in [2.45, 2.75) is 26.7 Å². The van der Waals surface area contributed by atoms with Crippen molar-refractivity contribution in [2.24, 2.45) is 0 Å². The number of hydrogen-bond acceptors (Lipinski definition) is 4. The molecule has 1 heterocycles. The maximum Gasteiger partial charge on any atom is 0.357 e. The molecule has 0 unspecified atom stereocenters. The Kier molecular flexibility index (Phi) is 4.03. The van der Waals surface area contributed by atoms with E-state index in [1.165, 1.54) is 0 Å². The minimum atomic E-state index is -0.453. The smallest absolute Gasteiger partial charge is 0.357 e. The summed E-state index contributed by atoms with van der Waals surface area (Å²) < 4.78 is 4.89. The van der Waals surface area contributed by atoms with Crippen molar-refractivity contribution < 1.29 is 9.53 Å². The summed E-state index contributed by atoms with van der Waals surface area (Å²) >= 11 is 5.64. The summed E-state index contributed by atoms with van der Waals surface area (Å²) in [6, 6.07) is 0. The molecule has 0 aliphatic rings. The third kappa shape index (κ3) is 2.89. The molecule has 82 valence electrons. The minimum absolute atomic E-state index is 0.0578. The molecule has 5 heteroatoms. The van der Waals surface area contributed by atoms with Gasteiger partial charge in [-0.1, -0.05) is 13.8 Å². The summed E-state index contributed by atoms with van der Waals surface area (Å²) in [4.78, 5) is 19.3. The molecule has 0 bridgehead atoms. The van der Waals surface area contributed by atoms with Gasteiger partial charge in [0.15, 0.2) is 5.69 Å². The first-order chi connectivity index (χ1) is 7.06. The molecule has 0 aromatic carbocycles. The van der Waals surface area contributed by atoms with E-state index >= 15 is 0 Å². The van der Waals surface area contributed by atoms with Crippen molar-refractivity contribution in [1.82, 2.24) is 9.97 Å². The third-order valence-electron chi connectivity index (χ3n) is 1.88. The topological polar surface area (TPSA) is 52.1 Å². The normalized spacial score (nSPS) is 10.5. The van der Waals surface area contributed by atoms with Crippen molar-refractivity contribution in [3.63, 3.8) is 0 Å². The lowest BCUT2D eigenvalue weighted by Gasteiger charge is -2.09. The summed E-state index contributed by atoms with van der Waals surface area (Å²) in [7, 11) is 0. The standard InChI is InChI=1S/C10H13ClN2O2/c1-4-15-9(14)8-7(6(2)3)5-12-10(11)13-8/h5-6H,4H2,1-3H3. The molecule has 0 N–H and O–H groups in total. The van der Waals surface area contributed by atoms with Crippen LogP contribution >= 0.6 is 11.6 Å². The lowest BCUT2D eigenvalue weighted by Crippen LogP contribution is -2.12. The van der Waals surface area contributed by atoms with Gasteiger partial charge in [-0.2, -0.15) is 0 Å². The molecular formula is C10H13ClN2O2. The van der Waals surface area contributed by atoms with E-state index in [-0.39, 0.29) is 16.9 Å². The van der Waals surface area contributed by atoms with Crippen molar-refractivity contribution >= 4 is 17.6 Å². The molecule has 0 fully saturated rings. The van der Waals surface area contributed by atoms with Gasteiger partial charge in [0, 0.05) is 11.8 Å². The lowest BCUT2D eigenvalue weighted by molar-refractivity contribution is 0.0517. The summed E-state index contributed by atoms with van der Waals surface area (Å²) in [5, 5.41) is 0.0578. The van der Waals surface area contributed by atoms with Gasteiger partial charge in [-0.25, -0.2) is 14.8 Å². The SMILES string of the molecule is CCOC(=O)c1nc(Cl)ncc1C(C)C. The number of rotatable bonds is 3. The van der Waals surface area contributed by atoms with Crippen molar-refractivity contribution in [1.29, 1.82) is 0 Å². The first-order valence-corrected chi connectivity index (χ1v) is 5.13. The second kappa shape index (κ2) is 5.07. The molecule has 0 atom stereocenters. The highest BCUT2D eigenvalue weighted by molar-refractivity contribution is 6.28. The molecule has 1 aromatic rings. The van der Waals surface area contributed by atoms with Gasteiger partial charge in [0.25, 0.3) is 0 Å². The molecule has 0 aliphatic heterocycles. The highest BCUT2D eigenvalue weighted by Crippen LogP contribution is 2.19. The van der Waals surface area contributed by atoms with E-state index in [1.807, 2.05) is 13.8 Å². The predicted octanol–water partition coefficient (Wildman–Crippen LogP) is 2.43. The summed E-state index contributed by atoms with van der Waals surface area (Å²) in [6.45, 7) is 5.97. The van der Waals surface area contributed by atoms with Crippen molar-refractivity contribution in [2.75, 3.05) is 6.61 Å². The molecule has 1 aromatic heterocycles. The number of halogens is 1. The zero-order valence-electron chi connectivity index (χ0n) is 8.95. The Hall–Kier alpha value is -1.16. The Morgan fingerprint density at radius 1 is 1.60 bits per heavy atom. The quantitative estimate of drug-likeness (QED) is 0.589. The molecular weight excluding hydrogens is 216 g/mol. The van der Waals surface area contributed by atoms with Gasteiger partial charge in [-0.05, 0) is 24.4 Å². The van der Waals surface area contributed by atoms with Gasteiger partial charge >= 0.3 is 5.97 Å². The fraction of sp³-hybridized carbons (Fsp3) is 0.500. The van der Waals surface area contributed by atoms with Gasteiger partial charge in [-0.15, -0.1) is 0 Å². The summed E-state index contributed by atoms with van der Waals surface area (Å²) in [5.74, 6) is -0.299. The van der Waals surface area contributed by atoms with E-state index in [0.717, 1.165) is 5.56 Å². The number of ether oxygens (including phenoxy) is 1. The highest BCUT2D eigenvalue weighted by atomic mass is 35.5. The average molecular weight is 229 g/mol. The molecule has 4 nitrogen and oxygen atoms in total. The van der Waals surface area contributed by atoms with Crippen LogP contribution in [0.2, 0.25) is 5.28 Å². The fourth-order valence-corrected chi connectivity index (χ4v) is 1.29. The van der Waals surface area contributed by atoms with Gasteiger partial charge in [-0.3, -0.25) is 0 Å². The first-order valence-electron chi connectivity index (χ1n) is 4.75. The van der Waals surface area contributed by atoms with Crippen LogP contribution in [0, 0.1) is 0 Å². The number of aromatic nitrogens is 2. The molecule has 0 saturated heterocycles. The Bertz CT molecular complexity index is 366. The van der Waals surface area contributed by atoms with Crippen LogP contribution in [0.4, 0.5) is 0 Å². The van der Waals surface area contributed by atoms with Crippen molar-refractivity contribution in [3.8, 4) is 0 Å².